The number of hydrogen-bond donors (Lipinski definition) is 2. The second kappa shape index (κ2) is 13.5. The van der Waals surface area contributed by atoms with Gasteiger partial charge in [-0.05, 0) is 29.9 Å². The van der Waals surface area contributed by atoms with E-state index in [-0.39, 0.29) is 17.9 Å². The van der Waals surface area contributed by atoms with Crippen LogP contribution in [0.4, 0.5) is 4.79 Å². The van der Waals surface area contributed by atoms with Gasteiger partial charge in [0.15, 0.2) is 0 Å². The van der Waals surface area contributed by atoms with Crippen LogP contribution in [0.2, 0.25) is 0 Å². The summed E-state index contributed by atoms with van der Waals surface area (Å²) in [5.41, 5.74) is 2.28. The number of nitrogens with zero attached hydrogens (tertiary/aromatic N) is 1. The first-order chi connectivity index (χ1) is 15.0. The monoisotopic (exact) mass is 423 g/mol. The molecule has 0 radical (unpaired) electrons. The molecular weight excluding hydrogens is 386 g/mol. The molecule has 0 spiro atoms. The molecule has 0 aliphatic heterocycles. The molecule has 168 valence electrons. The van der Waals surface area contributed by atoms with Crippen molar-refractivity contribution in [1.82, 2.24) is 15.5 Å². The van der Waals surface area contributed by atoms with Crippen molar-refractivity contribution in [3.63, 3.8) is 0 Å². The van der Waals surface area contributed by atoms with Crippen molar-refractivity contribution in [3.05, 3.63) is 71.8 Å². The highest BCUT2D eigenvalue weighted by molar-refractivity contribution is 5.87. The maximum atomic E-state index is 13.6. The average Bonchev–Trinajstić information content (AvgIpc) is 2.80. The van der Waals surface area contributed by atoms with Crippen LogP contribution in [-0.2, 0) is 17.8 Å². The summed E-state index contributed by atoms with van der Waals surface area (Å²) >= 11 is 0. The van der Waals surface area contributed by atoms with Crippen LogP contribution < -0.4 is 10.6 Å². The van der Waals surface area contributed by atoms with Gasteiger partial charge < -0.3 is 15.5 Å². The Morgan fingerprint density at radius 2 is 1.55 bits per heavy atom. The molecule has 5 heteroatoms. The first-order valence-electron chi connectivity index (χ1n) is 11.5. The zero-order valence-corrected chi connectivity index (χ0v) is 19.1. The molecule has 0 fully saturated rings. The van der Waals surface area contributed by atoms with Gasteiger partial charge in [-0.3, -0.25) is 4.79 Å². The van der Waals surface area contributed by atoms with Gasteiger partial charge in [0.05, 0.1) is 0 Å². The fourth-order valence-corrected chi connectivity index (χ4v) is 3.43. The Morgan fingerprint density at radius 3 is 2.13 bits per heavy atom. The molecule has 3 amide bonds. The fourth-order valence-electron chi connectivity index (χ4n) is 3.43. The Morgan fingerprint density at radius 1 is 0.935 bits per heavy atom. The molecule has 0 heterocycles. The summed E-state index contributed by atoms with van der Waals surface area (Å²) in [6.07, 6.45) is 3.52. The summed E-state index contributed by atoms with van der Waals surface area (Å²) in [6.45, 7) is 7.90. The third kappa shape index (κ3) is 8.44. The van der Waals surface area contributed by atoms with Gasteiger partial charge in [-0.1, -0.05) is 94.3 Å². The summed E-state index contributed by atoms with van der Waals surface area (Å²) in [4.78, 5) is 27.9. The lowest BCUT2D eigenvalue weighted by atomic mass is 9.97. The van der Waals surface area contributed by atoms with Crippen LogP contribution in [0.1, 0.15) is 51.2 Å². The van der Waals surface area contributed by atoms with Crippen LogP contribution in [0.15, 0.2) is 60.7 Å². The molecule has 0 saturated carbocycles. The molecule has 2 unspecified atom stereocenters. The molecule has 2 aromatic rings. The normalized spacial score (nSPS) is 12.6. The zero-order valence-electron chi connectivity index (χ0n) is 19.1. The summed E-state index contributed by atoms with van der Waals surface area (Å²) in [6, 6.07) is 19.4. The smallest absolute Gasteiger partial charge is 0.315 e. The predicted molar refractivity (Wildman–Crippen MR) is 127 cm³/mol. The highest BCUT2D eigenvalue weighted by Gasteiger charge is 2.30. The minimum Gasteiger partial charge on any atom is -0.338 e. The number of unbranched alkanes of at least 4 members (excludes halogenated alkanes) is 1. The van der Waals surface area contributed by atoms with Gasteiger partial charge in [0, 0.05) is 19.6 Å². The van der Waals surface area contributed by atoms with Gasteiger partial charge >= 0.3 is 6.03 Å². The lowest BCUT2D eigenvalue weighted by Gasteiger charge is -2.31. The number of carbonyl (C=O) groups is 2. The number of amides is 3. The van der Waals surface area contributed by atoms with E-state index >= 15 is 0 Å². The maximum absolute atomic E-state index is 13.6. The topological polar surface area (TPSA) is 61.4 Å². The van der Waals surface area contributed by atoms with Crippen LogP contribution in [0, 0.1) is 5.92 Å². The van der Waals surface area contributed by atoms with Gasteiger partial charge in [-0.2, -0.15) is 0 Å². The van der Waals surface area contributed by atoms with Crippen molar-refractivity contribution in [3.8, 4) is 0 Å². The molecule has 0 aromatic heterocycles. The summed E-state index contributed by atoms with van der Waals surface area (Å²) in [5, 5.41) is 5.82. The third-order valence-electron chi connectivity index (χ3n) is 5.62. The number of hydrogen-bond acceptors (Lipinski definition) is 2. The van der Waals surface area contributed by atoms with E-state index in [1.165, 1.54) is 5.56 Å². The van der Waals surface area contributed by atoms with Crippen molar-refractivity contribution in [2.75, 3.05) is 13.1 Å². The van der Waals surface area contributed by atoms with E-state index in [1.807, 2.05) is 67.3 Å². The van der Waals surface area contributed by atoms with E-state index in [9.17, 15) is 9.59 Å². The maximum Gasteiger partial charge on any atom is 0.315 e. The molecule has 0 aliphatic rings. The molecule has 0 saturated heterocycles. The third-order valence-corrected chi connectivity index (χ3v) is 5.62. The first-order valence-corrected chi connectivity index (χ1v) is 11.5. The van der Waals surface area contributed by atoms with Crippen molar-refractivity contribution < 1.29 is 9.59 Å². The van der Waals surface area contributed by atoms with Gasteiger partial charge in [0.25, 0.3) is 0 Å². The molecule has 5 nitrogen and oxygen atoms in total. The van der Waals surface area contributed by atoms with E-state index in [2.05, 4.69) is 29.7 Å². The second-order valence-electron chi connectivity index (χ2n) is 8.10. The minimum absolute atomic E-state index is 0.0280. The number of rotatable bonds is 12. The molecule has 2 atom stereocenters. The number of benzene rings is 2. The predicted octanol–water partition coefficient (Wildman–Crippen LogP) is 4.77. The van der Waals surface area contributed by atoms with Crippen molar-refractivity contribution in [1.29, 1.82) is 0 Å². The quantitative estimate of drug-likeness (QED) is 0.483. The highest BCUT2D eigenvalue weighted by Crippen LogP contribution is 2.15. The Bertz CT molecular complexity index is 780. The SMILES string of the molecule is CCCCNC(=O)NC(C(=O)N(CCc1ccccc1)Cc1ccccc1)C(C)CC. The number of carbonyl (C=O) groups excluding carboxylic acids is 2. The second-order valence-corrected chi connectivity index (χ2v) is 8.10. The van der Waals surface area contributed by atoms with E-state index in [0.717, 1.165) is 31.2 Å². The minimum atomic E-state index is -0.550. The van der Waals surface area contributed by atoms with Crippen molar-refractivity contribution >= 4 is 11.9 Å². The lowest BCUT2D eigenvalue weighted by Crippen LogP contribution is -2.54. The summed E-state index contributed by atoms with van der Waals surface area (Å²) in [7, 11) is 0. The van der Waals surface area contributed by atoms with Gasteiger partial charge in [-0.15, -0.1) is 0 Å². The molecule has 31 heavy (non-hydrogen) atoms. The summed E-state index contributed by atoms with van der Waals surface area (Å²) < 4.78 is 0. The Hall–Kier alpha value is -2.82. The van der Waals surface area contributed by atoms with E-state index in [1.54, 1.807) is 0 Å². The molecule has 0 bridgehead atoms. The van der Waals surface area contributed by atoms with Gasteiger partial charge in [0.2, 0.25) is 5.91 Å². The fraction of sp³-hybridized carbons (Fsp3) is 0.462. The number of nitrogens with one attached hydrogen (secondary N) is 2. The summed E-state index contributed by atoms with van der Waals surface area (Å²) in [5.74, 6) is 0.0131. The largest absolute Gasteiger partial charge is 0.338 e. The van der Waals surface area contributed by atoms with Crippen LogP contribution in [-0.4, -0.2) is 36.0 Å². The van der Waals surface area contributed by atoms with Crippen LogP contribution in [0.5, 0.6) is 0 Å². The number of urea groups is 1. The van der Waals surface area contributed by atoms with Gasteiger partial charge in [-0.25, -0.2) is 4.79 Å². The Balaban J connectivity index is 2.15. The average molecular weight is 424 g/mol. The van der Waals surface area contributed by atoms with E-state index in [4.69, 9.17) is 0 Å². The molecule has 2 rings (SSSR count). The zero-order chi connectivity index (χ0) is 22.5. The Labute approximate surface area is 187 Å². The van der Waals surface area contributed by atoms with Crippen molar-refractivity contribution in [2.45, 2.75) is 59.0 Å². The molecule has 0 aliphatic carbocycles. The van der Waals surface area contributed by atoms with E-state index < -0.39 is 6.04 Å². The van der Waals surface area contributed by atoms with Crippen LogP contribution >= 0.6 is 0 Å². The van der Waals surface area contributed by atoms with Crippen molar-refractivity contribution in [2.24, 2.45) is 5.92 Å². The highest BCUT2D eigenvalue weighted by atomic mass is 16.2. The van der Waals surface area contributed by atoms with E-state index in [0.29, 0.717) is 19.6 Å². The van der Waals surface area contributed by atoms with Gasteiger partial charge in [0.1, 0.15) is 6.04 Å². The molecule has 2 aromatic carbocycles. The lowest BCUT2D eigenvalue weighted by molar-refractivity contribution is -0.135. The van der Waals surface area contributed by atoms with Crippen LogP contribution in [0.3, 0.4) is 0 Å². The molecular formula is C26H37N3O2. The van der Waals surface area contributed by atoms with Crippen LogP contribution in [0.25, 0.3) is 0 Å². The Kier molecular flexibility index (Phi) is 10.6. The molecule has 2 N–H and O–H groups in total. The standard InChI is InChI=1S/C26H37N3O2/c1-4-6-18-27-26(31)28-24(21(3)5-2)25(30)29(20-23-15-11-8-12-16-23)19-17-22-13-9-7-10-14-22/h7-16,21,24H,4-6,17-20H2,1-3H3,(H2,27,28,31). The first kappa shape index (κ1) is 24.4.